The van der Waals surface area contributed by atoms with Gasteiger partial charge in [-0.2, -0.15) is 0 Å². The number of aromatic nitrogens is 2. The van der Waals surface area contributed by atoms with Gasteiger partial charge in [0.25, 0.3) is 5.56 Å². The maximum Gasteiger partial charge on any atom is 0.262 e. The first kappa shape index (κ1) is 19.0. The summed E-state index contributed by atoms with van der Waals surface area (Å²) in [6.07, 6.45) is 3.03. The van der Waals surface area contributed by atoms with Crippen LogP contribution in [-0.4, -0.2) is 34.6 Å². The maximum atomic E-state index is 13.0. The van der Waals surface area contributed by atoms with Gasteiger partial charge in [0.15, 0.2) is 5.16 Å². The zero-order chi connectivity index (χ0) is 19.2. The minimum absolute atomic E-state index is 0.0177. The summed E-state index contributed by atoms with van der Waals surface area (Å²) in [7, 11) is 0. The van der Waals surface area contributed by atoms with Crippen molar-refractivity contribution < 1.29 is 9.47 Å². The predicted molar refractivity (Wildman–Crippen MR) is 112 cm³/mol. The summed E-state index contributed by atoms with van der Waals surface area (Å²) in [6.45, 7) is 1.99. The molecule has 2 heterocycles. The number of fused-ring (bicyclic) bond motifs is 1. The monoisotopic (exact) mass is 396 g/mol. The molecule has 0 unspecified atom stereocenters. The second kappa shape index (κ2) is 9.26. The van der Waals surface area contributed by atoms with Crippen molar-refractivity contribution in [3.63, 3.8) is 0 Å². The molecule has 2 aromatic carbocycles. The Labute approximate surface area is 168 Å². The molecule has 1 aliphatic rings. The topological polar surface area (TPSA) is 53.3 Å². The molecule has 5 nitrogen and oxygen atoms in total. The Morgan fingerprint density at radius 1 is 1.14 bits per heavy atom. The predicted octanol–water partition coefficient (Wildman–Crippen LogP) is 4.14. The van der Waals surface area contributed by atoms with E-state index in [4.69, 9.17) is 14.5 Å². The fourth-order valence-corrected chi connectivity index (χ4v) is 4.26. The highest BCUT2D eigenvalue weighted by Gasteiger charge is 2.20. The first-order chi connectivity index (χ1) is 13.8. The van der Waals surface area contributed by atoms with Gasteiger partial charge in [0.2, 0.25) is 0 Å². The highest BCUT2D eigenvalue weighted by atomic mass is 32.2. The minimum atomic E-state index is 0.0177. The van der Waals surface area contributed by atoms with Gasteiger partial charge in [-0.3, -0.25) is 9.36 Å². The van der Waals surface area contributed by atoms with Crippen LogP contribution in [0.5, 0.6) is 5.75 Å². The number of hydrogen-bond donors (Lipinski definition) is 0. The third-order valence-corrected chi connectivity index (χ3v) is 5.83. The first-order valence-corrected chi connectivity index (χ1v) is 10.7. The number of hydrogen-bond acceptors (Lipinski definition) is 5. The van der Waals surface area contributed by atoms with Crippen LogP contribution in [0.15, 0.2) is 64.5 Å². The quantitative estimate of drug-likeness (QED) is 0.325. The first-order valence-electron chi connectivity index (χ1n) is 9.73. The van der Waals surface area contributed by atoms with E-state index in [0.717, 1.165) is 48.0 Å². The molecule has 1 atom stereocenters. The molecule has 146 valence electrons. The fraction of sp³-hybridized carbons (Fsp3) is 0.364. The number of benzene rings is 2. The number of nitrogens with zero attached hydrogens (tertiary/aromatic N) is 2. The van der Waals surface area contributed by atoms with Crippen molar-refractivity contribution in [3.05, 3.63) is 65.0 Å². The van der Waals surface area contributed by atoms with Crippen molar-refractivity contribution in [2.45, 2.75) is 37.1 Å². The Kier molecular flexibility index (Phi) is 6.29. The van der Waals surface area contributed by atoms with E-state index in [-0.39, 0.29) is 11.7 Å². The molecule has 0 saturated carbocycles. The van der Waals surface area contributed by atoms with Crippen LogP contribution in [0.3, 0.4) is 0 Å². The molecule has 1 saturated heterocycles. The van der Waals surface area contributed by atoms with E-state index in [0.29, 0.717) is 18.5 Å². The van der Waals surface area contributed by atoms with Crippen LogP contribution in [0, 0.1) is 0 Å². The third kappa shape index (κ3) is 4.56. The van der Waals surface area contributed by atoms with Gasteiger partial charge < -0.3 is 9.47 Å². The highest BCUT2D eigenvalue weighted by Crippen LogP contribution is 2.21. The second-order valence-corrected chi connectivity index (χ2v) is 7.89. The summed E-state index contributed by atoms with van der Waals surface area (Å²) in [5.74, 6) is 1.72. The summed E-state index contributed by atoms with van der Waals surface area (Å²) in [5, 5.41) is 1.43. The molecular formula is C22H24N2O3S. The third-order valence-electron chi connectivity index (χ3n) is 4.77. The lowest BCUT2D eigenvalue weighted by molar-refractivity contribution is 0.0937. The van der Waals surface area contributed by atoms with Crippen LogP contribution in [0.2, 0.25) is 0 Å². The summed E-state index contributed by atoms with van der Waals surface area (Å²) >= 11 is 1.61. The van der Waals surface area contributed by atoms with Crippen LogP contribution < -0.4 is 10.3 Å². The molecule has 1 fully saturated rings. The van der Waals surface area contributed by atoms with E-state index in [9.17, 15) is 4.79 Å². The summed E-state index contributed by atoms with van der Waals surface area (Å²) in [4.78, 5) is 17.8. The minimum Gasteiger partial charge on any atom is -0.494 e. The largest absolute Gasteiger partial charge is 0.494 e. The smallest absolute Gasteiger partial charge is 0.262 e. The van der Waals surface area contributed by atoms with E-state index in [1.165, 1.54) is 0 Å². The van der Waals surface area contributed by atoms with E-state index in [1.807, 2.05) is 54.6 Å². The van der Waals surface area contributed by atoms with Gasteiger partial charge in [0.1, 0.15) is 5.75 Å². The molecule has 3 aromatic rings. The van der Waals surface area contributed by atoms with Gasteiger partial charge in [-0.25, -0.2) is 4.98 Å². The van der Waals surface area contributed by atoms with Crippen molar-refractivity contribution in [3.8, 4) is 5.75 Å². The maximum absolute atomic E-state index is 13.0. The van der Waals surface area contributed by atoms with Crippen molar-refractivity contribution in [1.82, 2.24) is 9.55 Å². The lowest BCUT2D eigenvalue weighted by Gasteiger charge is -2.16. The molecule has 0 aliphatic carbocycles. The van der Waals surface area contributed by atoms with E-state index >= 15 is 0 Å². The number of para-hydroxylation sites is 2. The van der Waals surface area contributed by atoms with Crippen molar-refractivity contribution in [1.29, 1.82) is 0 Å². The van der Waals surface area contributed by atoms with E-state index in [1.54, 1.807) is 16.3 Å². The Balaban J connectivity index is 1.45. The number of rotatable bonds is 8. The van der Waals surface area contributed by atoms with Crippen LogP contribution in [0.1, 0.15) is 19.3 Å². The molecule has 1 aliphatic heterocycles. The van der Waals surface area contributed by atoms with Crippen LogP contribution in [0.4, 0.5) is 0 Å². The summed E-state index contributed by atoms with van der Waals surface area (Å²) in [6, 6.07) is 17.4. The summed E-state index contributed by atoms with van der Waals surface area (Å²) in [5.41, 5.74) is 0.767. The van der Waals surface area contributed by atoms with E-state index < -0.39 is 0 Å². The molecule has 0 spiro atoms. The Hall–Kier alpha value is -2.31. The second-order valence-electron chi connectivity index (χ2n) is 6.83. The Morgan fingerprint density at radius 3 is 2.79 bits per heavy atom. The van der Waals surface area contributed by atoms with Gasteiger partial charge in [-0.1, -0.05) is 42.1 Å². The van der Waals surface area contributed by atoms with Crippen molar-refractivity contribution in [2.75, 3.05) is 19.0 Å². The highest BCUT2D eigenvalue weighted by molar-refractivity contribution is 7.99. The molecule has 0 N–H and O–H groups in total. The SMILES string of the molecule is O=c1c2ccccc2nc(SCCCOc2ccccc2)n1C[C@H]1CCCO1. The average molecular weight is 397 g/mol. The number of ether oxygens (including phenoxy) is 2. The van der Waals surface area contributed by atoms with Crippen LogP contribution in [-0.2, 0) is 11.3 Å². The molecule has 28 heavy (non-hydrogen) atoms. The normalized spacial score (nSPS) is 16.5. The van der Waals surface area contributed by atoms with Gasteiger partial charge in [0.05, 0.1) is 30.2 Å². The number of thioether (sulfide) groups is 1. The van der Waals surface area contributed by atoms with Gasteiger partial charge in [0, 0.05) is 12.4 Å². The van der Waals surface area contributed by atoms with Gasteiger partial charge >= 0.3 is 0 Å². The molecule has 0 amide bonds. The van der Waals surface area contributed by atoms with Crippen LogP contribution >= 0.6 is 11.8 Å². The Bertz CT molecular complexity index is 968. The van der Waals surface area contributed by atoms with E-state index in [2.05, 4.69) is 0 Å². The fourth-order valence-electron chi connectivity index (χ4n) is 3.34. The molecule has 1 aromatic heterocycles. The van der Waals surface area contributed by atoms with Gasteiger partial charge in [-0.15, -0.1) is 0 Å². The molecule has 0 bridgehead atoms. The standard InChI is InChI=1S/C22H24N2O3S/c25-21-19-11-4-5-12-20(19)23-22(24(21)16-18-10-6-13-27-18)28-15-7-14-26-17-8-2-1-3-9-17/h1-5,8-9,11-12,18H,6-7,10,13-16H2/t18-/m1/s1. The van der Waals surface area contributed by atoms with Gasteiger partial charge in [-0.05, 0) is 43.5 Å². The zero-order valence-electron chi connectivity index (χ0n) is 15.8. The Morgan fingerprint density at radius 2 is 1.96 bits per heavy atom. The molecule has 0 radical (unpaired) electrons. The molecule has 6 heteroatoms. The lowest BCUT2D eigenvalue weighted by Crippen LogP contribution is -2.28. The lowest BCUT2D eigenvalue weighted by atomic mass is 10.2. The molecular weight excluding hydrogens is 372 g/mol. The zero-order valence-corrected chi connectivity index (χ0v) is 16.6. The molecule has 4 rings (SSSR count). The summed E-state index contributed by atoms with van der Waals surface area (Å²) < 4.78 is 13.3. The van der Waals surface area contributed by atoms with Crippen LogP contribution in [0.25, 0.3) is 10.9 Å². The van der Waals surface area contributed by atoms with Crippen molar-refractivity contribution in [2.24, 2.45) is 0 Å². The van der Waals surface area contributed by atoms with Crippen molar-refractivity contribution >= 4 is 22.7 Å². The average Bonchev–Trinajstić information content (AvgIpc) is 3.24.